The van der Waals surface area contributed by atoms with E-state index < -0.39 is 0 Å². The predicted octanol–water partition coefficient (Wildman–Crippen LogP) is 2.81. The van der Waals surface area contributed by atoms with Crippen molar-refractivity contribution in [2.24, 2.45) is 5.73 Å². The summed E-state index contributed by atoms with van der Waals surface area (Å²) in [4.78, 5) is 0. The highest BCUT2D eigenvalue weighted by Gasteiger charge is 2.38. The van der Waals surface area contributed by atoms with Crippen LogP contribution in [0, 0.1) is 6.92 Å². The molecular weight excluding hydrogens is 270 g/mol. The second-order valence-corrected chi connectivity index (χ2v) is 5.24. The van der Waals surface area contributed by atoms with Crippen LogP contribution < -0.4 is 10.5 Å². The number of nitrogens with two attached hydrogens (primary N) is 1. The number of rotatable bonds is 2. The summed E-state index contributed by atoms with van der Waals surface area (Å²) in [6.45, 7) is 2.00. The van der Waals surface area contributed by atoms with Gasteiger partial charge in [-0.1, -0.05) is 0 Å². The second-order valence-electron chi connectivity index (χ2n) is 4.44. The van der Waals surface area contributed by atoms with E-state index in [-0.39, 0.29) is 11.3 Å². The SMILES string of the molecule is COc1cc(C)c(C2(N)CCC2)c(Br)c1O. The molecular formula is C12H16BrNO2. The molecule has 0 bridgehead atoms. The standard InChI is InChI=1S/C12H16BrNO2/c1-7-6-8(16-2)11(15)10(13)9(7)12(14)4-3-5-12/h6,15H,3-5,14H2,1-2H3. The molecule has 4 heteroatoms. The molecule has 0 saturated heterocycles. The third-order valence-electron chi connectivity index (χ3n) is 3.37. The predicted molar refractivity (Wildman–Crippen MR) is 66.8 cm³/mol. The molecule has 1 aliphatic rings. The van der Waals surface area contributed by atoms with Gasteiger partial charge in [-0.15, -0.1) is 0 Å². The van der Waals surface area contributed by atoms with Crippen molar-refractivity contribution in [2.75, 3.05) is 7.11 Å². The average molecular weight is 286 g/mol. The number of halogens is 1. The van der Waals surface area contributed by atoms with Gasteiger partial charge >= 0.3 is 0 Å². The fourth-order valence-electron chi connectivity index (χ4n) is 2.31. The van der Waals surface area contributed by atoms with Crippen LogP contribution in [0.5, 0.6) is 11.5 Å². The first kappa shape index (κ1) is 11.7. The molecule has 1 saturated carbocycles. The monoisotopic (exact) mass is 285 g/mol. The van der Waals surface area contributed by atoms with Crippen LogP contribution >= 0.6 is 15.9 Å². The summed E-state index contributed by atoms with van der Waals surface area (Å²) < 4.78 is 5.78. The Bertz CT molecular complexity index is 428. The Balaban J connectivity index is 2.58. The van der Waals surface area contributed by atoms with E-state index in [1.807, 2.05) is 13.0 Å². The lowest BCUT2D eigenvalue weighted by molar-refractivity contribution is 0.249. The minimum Gasteiger partial charge on any atom is -0.503 e. The Kier molecular flexibility index (Phi) is 2.88. The highest BCUT2D eigenvalue weighted by atomic mass is 79.9. The van der Waals surface area contributed by atoms with Gasteiger partial charge in [-0.05, 0) is 59.3 Å². The molecule has 3 N–H and O–H groups in total. The van der Waals surface area contributed by atoms with E-state index in [4.69, 9.17) is 10.5 Å². The maximum absolute atomic E-state index is 9.96. The fourth-order valence-corrected chi connectivity index (χ4v) is 3.21. The minimum atomic E-state index is -0.285. The van der Waals surface area contributed by atoms with Crippen LogP contribution in [0.15, 0.2) is 10.5 Å². The van der Waals surface area contributed by atoms with Crippen molar-refractivity contribution in [1.29, 1.82) is 0 Å². The number of benzene rings is 1. The van der Waals surface area contributed by atoms with Crippen LogP contribution in [0.3, 0.4) is 0 Å². The minimum absolute atomic E-state index is 0.139. The largest absolute Gasteiger partial charge is 0.503 e. The van der Waals surface area contributed by atoms with E-state index in [0.717, 1.165) is 30.4 Å². The summed E-state index contributed by atoms with van der Waals surface area (Å²) in [5.74, 6) is 0.621. The first-order valence-electron chi connectivity index (χ1n) is 5.35. The molecule has 88 valence electrons. The van der Waals surface area contributed by atoms with Gasteiger partial charge in [0, 0.05) is 5.54 Å². The molecule has 0 aromatic heterocycles. The summed E-state index contributed by atoms with van der Waals surface area (Å²) in [7, 11) is 1.54. The van der Waals surface area contributed by atoms with E-state index >= 15 is 0 Å². The first-order chi connectivity index (χ1) is 7.49. The van der Waals surface area contributed by atoms with Gasteiger partial charge in [-0.3, -0.25) is 0 Å². The zero-order valence-corrected chi connectivity index (χ0v) is 11.1. The number of phenols is 1. The molecule has 2 rings (SSSR count). The van der Waals surface area contributed by atoms with E-state index in [1.165, 1.54) is 0 Å². The molecule has 0 amide bonds. The quantitative estimate of drug-likeness (QED) is 0.879. The van der Waals surface area contributed by atoms with E-state index in [1.54, 1.807) is 7.11 Å². The lowest BCUT2D eigenvalue weighted by Crippen LogP contribution is -2.44. The molecule has 0 heterocycles. The van der Waals surface area contributed by atoms with Gasteiger partial charge in [0.15, 0.2) is 11.5 Å². The third kappa shape index (κ3) is 1.60. The zero-order chi connectivity index (χ0) is 11.9. The number of hydrogen-bond acceptors (Lipinski definition) is 3. The Hall–Kier alpha value is -0.740. The van der Waals surface area contributed by atoms with Gasteiger partial charge in [-0.25, -0.2) is 0 Å². The Labute approximate surface area is 104 Å². The van der Waals surface area contributed by atoms with Gasteiger partial charge < -0.3 is 15.6 Å². The molecule has 0 aliphatic heterocycles. The molecule has 3 nitrogen and oxygen atoms in total. The van der Waals surface area contributed by atoms with Crippen LogP contribution in [-0.2, 0) is 5.54 Å². The summed E-state index contributed by atoms with van der Waals surface area (Å²) >= 11 is 3.42. The number of hydrogen-bond donors (Lipinski definition) is 2. The van der Waals surface area contributed by atoms with Crippen molar-refractivity contribution in [3.05, 3.63) is 21.7 Å². The summed E-state index contributed by atoms with van der Waals surface area (Å²) in [6, 6.07) is 1.84. The highest BCUT2D eigenvalue weighted by molar-refractivity contribution is 9.10. The van der Waals surface area contributed by atoms with Gasteiger partial charge in [0.05, 0.1) is 11.6 Å². The lowest BCUT2D eigenvalue weighted by Gasteiger charge is -2.40. The van der Waals surface area contributed by atoms with Gasteiger partial charge in [0.1, 0.15) is 0 Å². The van der Waals surface area contributed by atoms with E-state index in [0.29, 0.717) is 10.2 Å². The molecule has 0 radical (unpaired) electrons. The molecule has 16 heavy (non-hydrogen) atoms. The van der Waals surface area contributed by atoms with Crippen LogP contribution in [0.1, 0.15) is 30.4 Å². The molecule has 1 fully saturated rings. The maximum atomic E-state index is 9.96. The van der Waals surface area contributed by atoms with E-state index in [2.05, 4.69) is 15.9 Å². The van der Waals surface area contributed by atoms with Crippen molar-refractivity contribution >= 4 is 15.9 Å². The molecule has 0 unspecified atom stereocenters. The smallest absolute Gasteiger partial charge is 0.172 e. The molecule has 1 aromatic carbocycles. The molecule has 0 atom stereocenters. The van der Waals surface area contributed by atoms with Crippen molar-refractivity contribution in [3.63, 3.8) is 0 Å². The Morgan fingerprint density at radius 2 is 2.12 bits per heavy atom. The van der Waals surface area contributed by atoms with Crippen LogP contribution in [0.4, 0.5) is 0 Å². The maximum Gasteiger partial charge on any atom is 0.172 e. The zero-order valence-electron chi connectivity index (χ0n) is 9.51. The van der Waals surface area contributed by atoms with Crippen molar-refractivity contribution in [2.45, 2.75) is 31.7 Å². The van der Waals surface area contributed by atoms with Crippen molar-refractivity contribution in [1.82, 2.24) is 0 Å². The number of ether oxygens (including phenoxy) is 1. The summed E-state index contributed by atoms with van der Waals surface area (Å²) in [6.07, 6.45) is 3.09. The van der Waals surface area contributed by atoms with Crippen LogP contribution in [-0.4, -0.2) is 12.2 Å². The number of aromatic hydroxyl groups is 1. The number of aryl methyl sites for hydroxylation is 1. The van der Waals surface area contributed by atoms with Crippen molar-refractivity contribution < 1.29 is 9.84 Å². The molecule has 1 aliphatic carbocycles. The lowest BCUT2D eigenvalue weighted by atomic mass is 9.71. The first-order valence-corrected chi connectivity index (χ1v) is 6.14. The summed E-state index contributed by atoms with van der Waals surface area (Å²) in [5.41, 5.74) is 8.09. The molecule has 0 spiro atoms. The normalized spacial score (nSPS) is 18.0. The van der Waals surface area contributed by atoms with Gasteiger partial charge in [0.25, 0.3) is 0 Å². The second kappa shape index (κ2) is 3.93. The number of methoxy groups -OCH3 is 1. The Morgan fingerprint density at radius 1 is 1.50 bits per heavy atom. The van der Waals surface area contributed by atoms with E-state index in [9.17, 15) is 5.11 Å². The highest BCUT2D eigenvalue weighted by Crippen LogP contribution is 2.48. The number of phenolic OH excluding ortho intramolecular Hbond substituents is 1. The average Bonchev–Trinajstić information content (AvgIpc) is 2.21. The van der Waals surface area contributed by atoms with Gasteiger partial charge in [0.2, 0.25) is 0 Å². The van der Waals surface area contributed by atoms with Crippen LogP contribution in [0.25, 0.3) is 0 Å². The summed E-state index contributed by atoms with van der Waals surface area (Å²) in [5, 5.41) is 9.96. The van der Waals surface area contributed by atoms with Gasteiger partial charge in [-0.2, -0.15) is 0 Å². The van der Waals surface area contributed by atoms with Crippen LogP contribution in [0.2, 0.25) is 0 Å². The Morgan fingerprint density at radius 3 is 2.56 bits per heavy atom. The fraction of sp³-hybridized carbons (Fsp3) is 0.500. The third-order valence-corrected chi connectivity index (χ3v) is 4.14. The topological polar surface area (TPSA) is 55.5 Å². The molecule has 1 aromatic rings. The van der Waals surface area contributed by atoms with Crippen molar-refractivity contribution in [3.8, 4) is 11.5 Å².